The molecule has 25 heavy (non-hydrogen) atoms. The molecule has 0 atom stereocenters. The molecule has 0 unspecified atom stereocenters. The lowest BCUT2D eigenvalue weighted by molar-refractivity contribution is 0.0783. The summed E-state index contributed by atoms with van der Waals surface area (Å²) in [6.45, 7) is 0.421. The molecule has 0 fully saturated rings. The van der Waals surface area contributed by atoms with E-state index in [9.17, 15) is 4.79 Å². The Labute approximate surface area is 146 Å². The van der Waals surface area contributed by atoms with Gasteiger partial charge in [-0.25, -0.2) is 0 Å². The van der Waals surface area contributed by atoms with E-state index >= 15 is 0 Å². The van der Waals surface area contributed by atoms with E-state index in [1.54, 1.807) is 37.6 Å². The Hall–Kier alpha value is -3.21. The van der Waals surface area contributed by atoms with Gasteiger partial charge in [0.1, 0.15) is 5.75 Å². The zero-order valence-corrected chi connectivity index (χ0v) is 14.2. The van der Waals surface area contributed by atoms with Crippen LogP contribution in [0.3, 0.4) is 0 Å². The third kappa shape index (κ3) is 4.01. The maximum absolute atomic E-state index is 12.6. The van der Waals surface area contributed by atoms with Gasteiger partial charge >= 0.3 is 0 Å². The summed E-state index contributed by atoms with van der Waals surface area (Å²) in [7, 11) is 3.40. The molecule has 3 aromatic rings. The molecule has 3 rings (SSSR count). The molecule has 1 heterocycles. The highest BCUT2D eigenvalue weighted by atomic mass is 16.5. The normalized spacial score (nSPS) is 10.3. The van der Waals surface area contributed by atoms with Crippen molar-refractivity contribution < 1.29 is 9.53 Å². The molecule has 0 saturated heterocycles. The van der Waals surface area contributed by atoms with Crippen LogP contribution in [0.4, 0.5) is 0 Å². The van der Waals surface area contributed by atoms with Crippen molar-refractivity contribution in [2.75, 3.05) is 14.2 Å². The van der Waals surface area contributed by atoms with Crippen LogP contribution in [0, 0.1) is 0 Å². The highest BCUT2D eigenvalue weighted by Crippen LogP contribution is 2.24. The minimum Gasteiger partial charge on any atom is -0.497 e. The van der Waals surface area contributed by atoms with E-state index in [1.165, 1.54) is 0 Å². The van der Waals surface area contributed by atoms with E-state index in [4.69, 9.17) is 4.74 Å². The van der Waals surface area contributed by atoms with E-state index in [1.807, 2.05) is 48.5 Å². The van der Waals surface area contributed by atoms with Crippen molar-refractivity contribution in [3.63, 3.8) is 0 Å². The maximum Gasteiger partial charge on any atom is 0.253 e. The van der Waals surface area contributed by atoms with Gasteiger partial charge < -0.3 is 9.64 Å². The first kappa shape index (κ1) is 16.6. The molecular weight excluding hydrogens is 314 g/mol. The summed E-state index contributed by atoms with van der Waals surface area (Å²) in [5, 5.41) is 0. The highest BCUT2D eigenvalue weighted by molar-refractivity contribution is 5.94. The molecule has 126 valence electrons. The van der Waals surface area contributed by atoms with Crippen LogP contribution in [0.1, 0.15) is 16.1 Å². The number of aromatic nitrogens is 2. The SMILES string of the molecule is COc1cccc(-c2ccc(C(=O)N(C)Cc3cnccn3)cc2)c1. The number of carbonyl (C=O) groups is 1. The Morgan fingerprint density at radius 3 is 2.56 bits per heavy atom. The highest BCUT2D eigenvalue weighted by Gasteiger charge is 2.13. The van der Waals surface area contributed by atoms with Gasteiger partial charge in [-0.3, -0.25) is 14.8 Å². The van der Waals surface area contributed by atoms with Gasteiger partial charge in [0.05, 0.1) is 25.5 Å². The van der Waals surface area contributed by atoms with Crippen molar-refractivity contribution in [1.29, 1.82) is 0 Å². The van der Waals surface area contributed by atoms with E-state index in [0.717, 1.165) is 22.6 Å². The number of ether oxygens (including phenoxy) is 1. The topological polar surface area (TPSA) is 55.3 Å². The number of hydrogen-bond acceptors (Lipinski definition) is 4. The molecule has 0 bridgehead atoms. The molecule has 0 aliphatic carbocycles. The molecule has 2 aromatic carbocycles. The molecule has 1 amide bonds. The lowest BCUT2D eigenvalue weighted by Gasteiger charge is -2.16. The summed E-state index contributed by atoms with van der Waals surface area (Å²) in [5.41, 5.74) is 3.47. The molecule has 0 N–H and O–H groups in total. The van der Waals surface area contributed by atoms with Crippen LogP contribution >= 0.6 is 0 Å². The fourth-order valence-corrected chi connectivity index (χ4v) is 2.55. The van der Waals surface area contributed by atoms with Crippen LogP contribution in [-0.2, 0) is 6.54 Å². The molecular formula is C20H19N3O2. The maximum atomic E-state index is 12.6. The average molecular weight is 333 g/mol. The lowest BCUT2D eigenvalue weighted by atomic mass is 10.0. The number of methoxy groups -OCH3 is 1. The van der Waals surface area contributed by atoms with Gasteiger partial charge in [0.15, 0.2) is 0 Å². The first-order valence-corrected chi connectivity index (χ1v) is 7.92. The third-order valence-electron chi connectivity index (χ3n) is 3.90. The number of carbonyl (C=O) groups excluding carboxylic acids is 1. The average Bonchev–Trinajstić information content (AvgIpc) is 2.68. The fourth-order valence-electron chi connectivity index (χ4n) is 2.55. The largest absolute Gasteiger partial charge is 0.497 e. The van der Waals surface area contributed by atoms with Crippen LogP contribution in [-0.4, -0.2) is 34.9 Å². The number of nitrogens with zero attached hydrogens (tertiary/aromatic N) is 3. The molecule has 0 aliphatic heterocycles. The van der Waals surface area contributed by atoms with E-state index in [2.05, 4.69) is 9.97 Å². The Bertz CT molecular complexity index is 848. The second-order valence-corrected chi connectivity index (χ2v) is 5.67. The Morgan fingerprint density at radius 2 is 1.88 bits per heavy atom. The van der Waals surface area contributed by atoms with E-state index in [-0.39, 0.29) is 5.91 Å². The zero-order valence-electron chi connectivity index (χ0n) is 14.2. The van der Waals surface area contributed by atoms with Gasteiger partial charge in [0.2, 0.25) is 0 Å². The fraction of sp³-hybridized carbons (Fsp3) is 0.150. The van der Waals surface area contributed by atoms with Crippen LogP contribution in [0.2, 0.25) is 0 Å². The van der Waals surface area contributed by atoms with Gasteiger partial charge in [0.25, 0.3) is 5.91 Å². The second kappa shape index (κ2) is 7.57. The van der Waals surface area contributed by atoms with Crippen LogP contribution in [0.15, 0.2) is 67.1 Å². The predicted octanol–water partition coefficient (Wildman–Crippen LogP) is 3.42. The molecule has 5 heteroatoms. The summed E-state index contributed by atoms with van der Waals surface area (Å²) in [6, 6.07) is 15.4. The van der Waals surface area contributed by atoms with E-state index in [0.29, 0.717) is 12.1 Å². The smallest absolute Gasteiger partial charge is 0.253 e. The summed E-state index contributed by atoms with van der Waals surface area (Å²) < 4.78 is 5.25. The number of benzene rings is 2. The molecule has 1 aromatic heterocycles. The monoisotopic (exact) mass is 333 g/mol. The standard InChI is InChI=1S/C20H19N3O2/c1-23(14-18-13-21-10-11-22-18)20(24)16-8-6-15(7-9-16)17-4-3-5-19(12-17)25-2/h3-13H,14H2,1-2H3. The third-order valence-corrected chi connectivity index (χ3v) is 3.90. The first-order chi connectivity index (χ1) is 12.2. The lowest BCUT2D eigenvalue weighted by Crippen LogP contribution is -2.26. The number of hydrogen-bond donors (Lipinski definition) is 0. The minimum atomic E-state index is -0.0529. The first-order valence-electron chi connectivity index (χ1n) is 7.92. The van der Waals surface area contributed by atoms with Gasteiger partial charge in [-0.2, -0.15) is 0 Å². The van der Waals surface area contributed by atoms with Crippen LogP contribution < -0.4 is 4.74 Å². The number of rotatable bonds is 5. The van der Waals surface area contributed by atoms with E-state index < -0.39 is 0 Å². The van der Waals surface area contributed by atoms with Crippen LogP contribution in [0.5, 0.6) is 5.75 Å². The zero-order chi connectivity index (χ0) is 17.6. The summed E-state index contributed by atoms with van der Waals surface area (Å²) >= 11 is 0. The molecule has 0 spiro atoms. The van der Waals surface area contributed by atoms with Crippen molar-refractivity contribution in [1.82, 2.24) is 14.9 Å². The molecule has 0 saturated carbocycles. The Balaban J connectivity index is 1.74. The van der Waals surface area contributed by atoms with Gasteiger partial charge in [-0.15, -0.1) is 0 Å². The predicted molar refractivity (Wildman–Crippen MR) is 96.3 cm³/mol. The van der Waals surface area contributed by atoms with Crippen molar-refractivity contribution >= 4 is 5.91 Å². The van der Waals surface area contributed by atoms with Gasteiger partial charge in [0, 0.05) is 25.0 Å². The summed E-state index contributed by atoms with van der Waals surface area (Å²) in [6.07, 6.45) is 4.90. The van der Waals surface area contributed by atoms with Gasteiger partial charge in [-0.1, -0.05) is 24.3 Å². The number of amides is 1. The molecule has 0 aliphatic rings. The van der Waals surface area contributed by atoms with Crippen molar-refractivity contribution in [3.8, 4) is 16.9 Å². The van der Waals surface area contributed by atoms with Crippen molar-refractivity contribution in [2.24, 2.45) is 0 Å². The molecule has 5 nitrogen and oxygen atoms in total. The second-order valence-electron chi connectivity index (χ2n) is 5.67. The van der Waals surface area contributed by atoms with Crippen molar-refractivity contribution in [2.45, 2.75) is 6.54 Å². The van der Waals surface area contributed by atoms with Crippen LogP contribution in [0.25, 0.3) is 11.1 Å². The minimum absolute atomic E-state index is 0.0529. The summed E-state index contributed by atoms with van der Waals surface area (Å²) in [4.78, 5) is 22.4. The Morgan fingerprint density at radius 1 is 1.08 bits per heavy atom. The van der Waals surface area contributed by atoms with Gasteiger partial charge in [-0.05, 0) is 35.4 Å². The quantitative estimate of drug-likeness (QED) is 0.718. The molecule has 0 radical (unpaired) electrons. The van der Waals surface area contributed by atoms with Crippen molar-refractivity contribution in [3.05, 3.63) is 78.4 Å². The Kier molecular flexibility index (Phi) is 5.04. The summed E-state index contributed by atoms with van der Waals surface area (Å²) in [5.74, 6) is 0.754.